The zero-order valence-electron chi connectivity index (χ0n) is 28.8. The van der Waals surface area contributed by atoms with Crippen LogP contribution in [0.5, 0.6) is 23.1 Å². The predicted octanol–water partition coefficient (Wildman–Crippen LogP) is 7.13. The van der Waals surface area contributed by atoms with Crippen LogP contribution in [-0.4, -0.2) is 72.7 Å². The number of anilines is 2. The highest BCUT2D eigenvalue weighted by molar-refractivity contribution is 6.04. The minimum Gasteiger partial charge on any atom is -0.454 e. The van der Waals surface area contributed by atoms with E-state index in [-0.39, 0.29) is 18.3 Å². The fourth-order valence-electron chi connectivity index (χ4n) is 6.81. The smallest absolute Gasteiger partial charge is 0.416 e. The van der Waals surface area contributed by atoms with Crippen LogP contribution in [-0.2, 0) is 17.5 Å². The quantitative estimate of drug-likeness (QED) is 0.196. The van der Waals surface area contributed by atoms with E-state index in [9.17, 15) is 22.8 Å². The summed E-state index contributed by atoms with van der Waals surface area (Å²) in [6.07, 6.45) is -0.536. The van der Waals surface area contributed by atoms with Crippen LogP contribution in [0.15, 0.2) is 79.0 Å². The first kappa shape index (κ1) is 35.1. The molecule has 2 fully saturated rings. The highest BCUT2D eigenvalue weighted by Crippen LogP contribution is 2.34. The lowest BCUT2D eigenvalue weighted by molar-refractivity contribution is -0.137. The highest BCUT2D eigenvalue weighted by Gasteiger charge is 2.30. The lowest BCUT2D eigenvalue weighted by Gasteiger charge is -2.37. The van der Waals surface area contributed by atoms with E-state index >= 15 is 0 Å². The summed E-state index contributed by atoms with van der Waals surface area (Å²) in [5.41, 5.74) is 2.88. The number of amides is 2. The van der Waals surface area contributed by atoms with E-state index < -0.39 is 17.6 Å². The van der Waals surface area contributed by atoms with E-state index in [1.54, 1.807) is 12.1 Å². The van der Waals surface area contributed by atoms with Crippen molar-refractivity contribution >= 4 is 23.2 Å². The molecule has 4 aromatic rings. The molecule has 0 bridgehead atoms. The molecule has 52 heavy (non-hydrogen) atoms. The molecule has 0 aliphatic carbocycles. The van der Waals surface area contributed by atoms with E-state index in [0.29, 0.717) is 29.7 Å². The SMILES string of the molecule is Cc1cc(N2CCC(CC(=O)N3CCN(Cc4ccc5c(c4)OCO5)CC3)CC2)ccc1Oc1ccc(NC(=O)c2ccc(C(F)(F)F)cc2)cn1. The number of pyridine rings is 1. The fraction of sp³-hybridized carbons (Fsp3) is 0.359. The molecule has 272 valence electrons. The van der Waals surface area contributed by atoms with E-state index in [1.807, 2.05) is 36.1 Å². The van der Waals surface area contributed by atoms with Gasteiger partial charge >= 0.3 is 6.18 Å². The monoisotopic (exact) mass is 715 g/mol. The molecule has 1 aromatic heterocycles. The average Bonchev–Trinajstić information content (AvgIpc) is 3.62. The molecule has 3 aromatic carbocycles. The molecular formula is C39H40F3N5O5. The second kappa shape index (κ2) is 15.1. The summed E-state index contributed by atoms with van der Waals surface area (Å²) in [5.74, 6) is 2.64. The maximum atomic E-state index is 13.2. The molecule has 3 aliphatic heterocycles. The summed E-state index contributed by atoms with van der Waals surface area (Å²) in [4.78, 5) is 36.7. The number of alkyl halides is 3. The molecule has 3 aliphatic rings. The van der Waals surface area contributed by atoms with Gasteiger partial charge < -0.3 is 29.3 Å². The number of ether oxygens (including phenoxy) is 3. The molecule has 2 saturated heterocycles. The first-order chi connectivity index (χ1) is 25.1. The summed E-state index contributed by atoms with van der Waals surface area (Å²) in [5, 5.41) is 2.63. The number of carbonyl (C=O) groups is 2. The van der Waals surface area contributed by atoms with Crippen molar-refractivity contribution in [2.24, 2.45) is 5.92 Å². The van der Waals surface area contributed by atoms with Crippen molar-refractivity contribution in [3.05, 3.63) is 101 Å². The Hall–Kier alpha value is -5.30. The standard InChI is InChI=1S/C39H40F3N5O5/c1-26-20-32(8-10-33(26)52-36-11-7-31(23-43-36)44-38(49)29-3-5-30(6-4-29)39(40,41)42)46-14-12-27(13-15-46)22-37(48)47-18-16-45(17-19-47)24-28-2-9-34-35(21-28)51-25-50-34/h2-11,20-21,23,27H,12-19,22,24-25H2,1H3,(H,44,49). The number of aromatic nitrogens is 1. The summed E-state index contributed by atoms with van der Waals surface area (Å²) in [6.45, 7) is 8.02. The van der Waals surface area contributed by atoms with E-state index in [1.165, 1.54) is 11.8 Å². The maximum absolute atomic E-state index is 13.2. The van der Waals surface area contributed by atoms with Gasteiger partial charge in [-0.05, 0) is 97.5 Å². The van der Waals surface area contributed by atoms with Crippen molar-refractivity contribution in [3.8, 4) is 23.1 Å². The van der Waals surface area contributed by atoms with Gasteiger partial charge in [-0.3, -0.25) is 14.5 Å². The number of hydrogen-bond acceptors (Lipinski definition) is 8. The van der Waals surface area contributed by atoms with Gasteiger partial charge in [0.25, 0.3) is 5.91 Å². The zero-order valence-corrected chi connectivity index (χ0v) is 28.8. The van der Waals surface area contributed by atoms with Crippen molar-refractivity contribution in [3.63, 3.8) is 0 Å². The number of carbonyl (C=O) groups excluding carboxylic acids is 2. The number of rotatable bonds is 9. The number of benzene rings is 3. The number of piperazine rings is 1. The number of nitrogens with zero attached hydrogens (tertiary/aromatic N) is 4. The topological polar surface area (TPSA) is 96.5 Å². The van der Waals surface area contributed by atoms with Crippen LogP contribution in [0.1, 0.15) is 46.3 Å². The lowest BCUT2D eigenvalue weighted by Crippen LogP contribution is -2.48. The number of hydrogen-bond donors (Lipinski definition) is 1. The lowest BCUT2D eigenvalue weighted by atomic mass is 9.92. The first-order valence-corrected chi connectivity index (χ1v) is 17.4. The number of halogens is 3. The molecule has 0 atom stereocenters. The Morgan fingerprint density at radius 1 is 0.885 bits per heavy atom. The Morgan fingerprint density at radius 2 is 1.63 bits per heavy atom. The van der Waals surface area contributed by atoms with Crippen LogP contribution in [0.3, 0.4) is 0 Å². The second-order valence-corrected chi connectivity index (χ2v) is 13.4. The van der Waals surface area contributed by atoms with Crippen LogP contribution in [0, 0.1) is 12.8 Å². The number of fused-ring (bicyclic) bond motifs is 1. The Bertz CT molecular complexity index is 1890. The van der Waals surface area contributed by atoms with Crippen molar-refractivity contribution in [1.82, 2.24) is 14.8 Å². The third kappa shape index (κ3) is 8.42. The van der Waals surface area contributed by atoms with Crippen molar-refractivity contribution in [2.45, 2.75) is 38.9 Å². The molecular weight excluding hydrogens is 675 g/mol. The third-order valence-electron chi connectivity index (χ3n) is 9.85. The average molecular weight is 716 g/mol. The molecule has 10 nitrogen and oxygen atoms in total. The van der Waals surface area contributed by atoms with Crippen molar-refractivity contribution in [1.29, 1.82) is 0 Å². The van der Waals surface area contributed by atoms with E-state index in [0.717, 1.165) is 106 Å². The normalized spacial score (nSPS) is 16.5. The van der Waals surface area contributed by atoms with Crippen LogP contribution >= 0.6 is 0 Å². The summed E-state index contributed by atoms with van der Waals surface area (Å²) < 4.78 is 55.4. The van der Waals surface area contributed by atoms with Gasteiger partial charge in [0.1, 0.15) is 5.75 Å². The number of nitrogens with one attached hydrogen (secondary N) is 1. The van der Waals surface area contributed by atoms with Crippen LogP contribution in [0.25, 0.3) is 0 Å². The summed E-state index contributed by atoms with van der Waals surface area (Å²) in [7, 11) is 0. The van der Waals surface area contributed by atoms with Gasteiger partial charge in [0.05, 0.1) is 17.4 Å². The Kier molecular flexibility index (Phi) is 10.2. The maximum Gasteiger partial charge on any atom is 0.416 e. The molecule has 7 rings (SSSR count). The Balaban J connectivity index is 0.839. The van der Waals surface area contributed by atoms with E-state index in [4.69, 9.17) is 14.2 Å². The largest absolute Gasteiger partial charge is 0.454 e. The first-order valence-electron chi connectivity index (χ1n) is 17.4. The van der Waals surface area contributed by atoms with Gasteiger partial charge in [0, 0.05) is 69.6 Å². The van der Waals surface area contributed by atoms with Gasteiger partial charge in [0.15, 0.2) is 11.5 Å². The number of piperidine rings is 1. The predicted molar refractivity (Wildman–Crippen MR) is 189 cm³/mol. The molecule has 2 amide bonds. The zero-order chi connectivity index (χ0) is 36.2. The van der Waals surface area contributed by atoms with E-state index in [2.05, 4.69) is 32.2 Å². The van der Waals surface area contributed by atoms with Gasteiger partial charge in [-0.2, -0.15) is 13.2 Å². The minimum atomic E-state index is -4.47. The van der Waals surface area contributed by atoms with Gasteiger partial charge in [0.2, 0.25) is 18.6 Å². The Labute approximate surface area is 300 Å². The van der Waals surface area contributed by atoms with Gasteiger partial charge in [-0.1, -0.05) is 6.07 Å². The molecule has 4 heterocycles. The molecule has 0 unspecified atom stereocenters. The Morgan fingerprint density at radius 3 is 2.33 bits per heavy atom. The van der Waals surface area contributed by atoms with Gasteiger partial charge in [-0.25, -0.2) is 4.98 Å². The van der Waals surface area contributed by atoms with Gasteiger partial charge in [-0.15, -0.1) is 0 Å². The van der Waals surface area contributed by atoms with Crippen molar-refractivity contribution in [2.75, 3.05) is 56.3 Å². The second-order valence-electron chi connectivity index (χ2n) is 13.4. The van der Waals surface area contributed by atoms with Crippen LogP contribution in [0.2, 0.25) is 0 Å². The molecule has 0 radical (unpaired) electrons. The fourth-order valence-corrected chi connectivity index (χ4v) is 6.81. The molecule has 0 saturated carbocycles. The number of aryl methyl sites for hydroxylation is 1. The molecule has 1 N–H and O–H groups in total. The van der Waals surface area contributed by atoms with Crippen LogP contribution in [0.4, 0.5) is 24.5 Å². The molecule has 13 heteroatoms. The highest BCUT2D eigenvalue weighted by atomic mass is 19.4. The minimum absolute atomic E-state index is 0.0988. The summed E-state index contributed by atoms with van der Waals surface area (Å²) in [6, 6.07) is 19.3. The molecule has 0 spiro atoms. The summed E-state index contributed by atoms with van der Waals surface area (Å²) >= 11 is 0. The van der Waals surface area contributed by atoms with Crippen molar-refractivity contribution < 1.29 is 37.0 Å². The third-order valence-corrected chi connectivity index (χ3v) is 9.85. The van der Waals surface area contributed by atoms with Crippen LogP contribution < -0.4 is 24.4 Å².